The molecule has 140 valence electrons. The van der Waals surface area contributed by atoms with Gasteiger partial charge in [-0.2, -0.15) is 0 Å². The molecule has 4 saturated carbocycles. The standard InChI is InChI=1S/C21H28N2O3/c1-2-26-13-6-15(14(10-22)16(23)7-13)21(25)17-3-4-19(24)8-12-5-18(21)20(17,9-12)11-19/h6-7,10,12,17-18,22,24-25H,2-5,8-9,11,23H2,1H3/p+1. The molecular formula is C21H29N2O3+. The Morgan fingerprint density at radius 1 is 1.31 bits per heavy atom. The molecule has 6 N–H and O–H groups in total. The number of hydrogen-bond acceptors (Lipinski definition) is 4. The molecule has 0 amide bonds. The van der Waals surface area contributed by atoms with Gasteiger partial charge in [-0.15, -0.1) is 0 Å². The molecular weight excluding hydrogens is 328 g/mol. The zero-order chi connectivity index (χ0) is 18.3. The number of nitrogens with two attached hydrogens (primary N) is 2. The summed E-state index contributed by atoms with van der Waals surface area (Å²) in [5.41, 5.74) is 7.02. The minimum Gasteiger partial charge on any atom is -0.494 e. The molecule has 4 fully saturated rings. The third kappa shape index (κ3) is 1.81. The first-order valence-corrected chi connectivity index (χ1v) is 9.93. The molecule has 3 bridgehead atoms. The molecule has 26 heavy (non-hydrogen) atoms. The van der Waals surface area contributed by atoms with Crippen LogP contribution in [0.15, 0.2) is 12.1 Å². The average molecular weight is 357 g/mol. The van der Waals surface area contributed by atoms with E-state index in [1.807, 2.05) is 13.0 Å². The molecule has 1 aromatic rings. The third-order valence-electron chi connectivity index (χ3n) is 8.01. The summed E-state index contributed by atoms with van der Waals surface area (Å²) in [7, 11) is 0. The molecule has 5 nitrogen and oxygen atoms in total. The Kier molecular flexibility index (Phi) is 3.20. The van der Waals surface area contributed by atoms with Gasteiger partial charge in [-0.05, 0) is 74.7 Å². The van der Waals surface area contributed by atoms with Gasteiger partial charge < -0.3 is 20.7 Å². The number of nitrogen functional groups attached to an aromatic ring is 1. The highest BCUT2D eigenvalue weighted by Crippen LogP contribution is 2.79. The SMILES string of the molecule is CCOc1cc(N)c(C=[NH2+])c(C2(O)C3CCC4(O)CC5CC2C3(C5)C4)c1. The number of ether oxygens (including phenoxy) is 1. The molecule has 5 heteroatoms. The molecule has 6 unspecified atom stereocenters. The van der Waals surface area contributed by atoms with Crippen LogP contribution in [0.3, 0.4) is 0 Å². The van der Waals surface area contributed by atoms with Gasteiger partial charge in [0.25, 0.3) is 0 Å². The van der Waals surface area contributed by atoms with Crippen molar-refractivity contribution >= 4 is 11.9 Å². The van der Waals surface area contributed by atoms with Crippen molar-refractivity contribution in [2.45, 2.75) is 56.7 Å². The zero-order valence-electron chi connectivity index (χ0n) is 15.4. The first kappa shape index (κ1) is 16.6. The van der Waals surface area contributed by atoms with Crippen LogP contribution >= 0.6 is 0 Å². The molecule has 4 aliphatic rings. The van der Waals surface area contributed by atoms with Crippen molar-refractivity contribution in [2.75, 3.05) is 12.3 Å². The van der Waals surface area contributed by atoms with Crippen molar-refractivity contribution in [1.82, 2.24) is 0 Å². The summed E-state index contributed by atoms with van der Waals surface area (Å²) in [6.45, 7) is 2.49. The molecule has 0 aromatic heterocycles. The van der Waals surface area contributed by atoms with Gasteiger partial charge in [-0.3, -0.25) is 5.41 Å². The summed E-state index contributed by atoms with van der Waals surface area (Å²) >= 11 is 0. The largest absolute Gasteiger partial charge is 0.494 e. The fraction of sp³-hybridized carbons (Fsp3) is 0.667. The Morgan fingerprint density at radius 3 is 2.85 bits per heavy atom. The van der Waals surface area contributed by atoms with E-state index >= 15 is 0 Å². The number of fused-ring (bicyclic) bond motifs is 2. The van der Waals surface area contributed by atoms with Crippen LogP contribution in [-0.4, -0.2) is 28.6 Å². The molecule has 1 spiro atoms. The van der Waals surface area contributed by atoms with Gasteiger partial charge in [-0.1, -0.05) is 0 Å². The second-order valence-corrected chi connectivity index (χ2v) is 9.19. The Balaban J connectivity index is 1.64. The summed E-state index contributed by atoms with van der Waals surface area (Å²) in [4.78, 5) is 0. The predicted molar refractivity (Wildman–Crippen MR) is 98.6 cm³/mol. The molecule has 1 aromatic carbocycles. The van der Waals surface area contributed by atoms with E-state index in [4.69, 9.17) is 15.9 Å². The first-order valence-electron chi connectivity index (χ1n) is 9.93. The number of anilines is 1. The van der Waals surface area contributed by atoms with Crippen LogP contribution in [0.4, 0.5) is 5.69 Å². The van der Waals surface area contributed by atoms with Crippen LogP contribution in [0.25, 0.3) is 0 Å². The zero-order valence-corrected chi connectivity index (χ0v) is 15.4. The first-order chi connectivity index (χ1) is 12.4. The van der Waals surface area contributed by atoms with Gasteiger partial charge in [0.05, 0.1) is 23.4 Å². The van der Waals surface area contributed by atoms with Crippen molar-refractivity contribution in [3.8, 4) is 5.75 Å². The summed E-state index contributed by atoms with van der Waals surface area (Å²) in [5, 5.41) is 28.9. The normalized spacial score (nSPS) is 45.1. The fourth-order valence-electron chi connectivity index (χ4n) is 7.52. The van der Waals surface area contributed by atoms with Crippen molar-refractivity contribution in [3.63, 3.8) is 0 Å². The lowest BCUT2D eigenvalue weighted by molar-refractivity contribution is -0.291. The second kappa shape index (κ2) is 5.02. The molecule has 4 aliphatic carbocycles. The predicted octanol–water partition coefficient (Wildman–Crippen LogP) is 0.994. The molecule has 6 atom stereocenters. The Bertz CT molecular complexity index is 786. The maximum Gasteiger partial charge on any atom is 0.169 e. The van der Waals surface area contributed by atoms with Gasteiger partial charge in [0, 0.05) is 17.3 Å². The topological polar surface area (TPSA) is 101 Å². The van der Waals surface area contributed by atoms with Crippen LogP contribution < -0.4 is 15.9 Å². The highest BCUT2D eigenvalue weighted by Gasteiger charge is 2.78. The van der Waals surface area contributed by atoms with E-state index < -0.39 is 11.2 Å². The monoisotopic (exact) mass is 357 g/mol. The van der Waals surface area contributed by atoms with E-state index in [9.17, 15) is 10.2 Å². The van der Waals surface area contributed by atoms with E-state index in [1.54, 1.807) is 6.07 Å². The van der Waals surface area contributed by atoms with Crippen LogP contribution in [0.5, 0.6) is 5.75 Å². The lowest BCUT2D eigenvalue weighted by Gasteiger charge is -2.69. The van der Waals surface area contributed by atoms with Crippen molar-refractivity contribution in [2.24, 2.45) is 23.2 Å². The highest BCUT2D eigenvalue weighted by molar-refractivity contribution is 5.87. The second-order valence-electron chi connectivity index (χ2n) is 9.19. The lowest BCUT2D eigenvalue weighted by Crippen LogP contribution is -2.69. The molecule has 0 heterocycles. The Hall–Kier alpha value is -1.59. The Labute approximate surface area is 154 Å². The molecule has 0 saturated heterocycles. The van der Waals surface area contributed by atoms with E-state index in [0.717, 1.165) is 49.7 Å². The van der Waals surface area contributed by atoms with Crippen LogP contribution in [-0.2, 0) is 5.60 Å². The number of hydrogen-bond donors (Lipinski definition) is 4. The summed E-state index contributed by atoms with van der Waals surface area (Å²) in [6, 6.07) is 3.73. The number of aliphatic hydroxyl groups is 2. The smallest absolute Gasteiger partial charge is 0.169 e. The summed E-state index contributed by atoms with van der Waals surface area (Å²) in [6.07, 6.45) is 7.03. The fourth-order valence-corrected chi connectivity index (χ4v) is 7.52. The van der Waals surface area contributed by atoms with Crippen molar-refractivity contribution in [3.05, 3.63) is 23.3 Å². The molecule has 5 rings (SSSR count). The average Bonchev–Trinajstić information content (AvgIpc) is 2.85. The van der Waals surface area contributed by atoms with Crippen LogP contribution in [0.2, 0.25) is 0 Å². The van der Waals surface area contributed by atoms with Crippen LogP contribution in [0.1, 0.15) is 56.6 Å². The van der Waals surface area contributed by atoms with Crippen molar-refractivity contribution < 1.29 is 20.4 Å². The highest BCUT2D eigenvalue weighted by atomic mass is 16.5. The molecule has 0 radical (unpaired) electrons. The van der Waals surface area contributed by atoms with Crippen LogP contribution in [0, 0.1) is 23.2 Å². The van der Waals surface area contributed by atoms with Gasteiger partial charge >= 0.3 is 0 Å². The van der Waals surface area contributed by atoms with Crippen molar-refractivity contribution in [1.29, 1.82) is 0 Å². The van der Waals surface area contributed by atoms with E-state index in [0.29, 0.717) is 24.0 Å². The third-order valence-corrected chi connectivity index (χ3v) is 8.01. The quantitative estimate of drug-likeness (QED) is 0.477. The maximum atomic E-state index is 12.0. The van der Waals surface area contributed by atoms with E-state index in [2.05, 4.69) is 0 Å². The number of rotatable bonds is 4. The van der Waals surface area contributed by atoms with Gasteiger partial charge in [-0.25, -0.2) is 0 Å². The summed E-state index contributed by atoms with van der Waals surface area (Å²) < 4.78 is 5.70. The minimum atomic E-state index is -0.924. The summed E-state index contributed by atoms with van der Waals surface area (Å²) in [5.74, 6) is 1.55. The lowest BCUT2D eigenvalue weighted by atomic mass is 9.37. The maximum absolute atomic E-state index is 12.0. The number of benzene rings is 1. The van der Waals surface area contributed by atoms with E-state index in [-0.39, 0.29) is 17.3 Å². The van der Waals surface area contributed by atoms with Gasteiger partial charge in [0.2, 0.25) is 0 Å². The van der Waals surface area contributed by atoms with Gasteiger partial charge in [0.1, 0.15) is 5.75 Å². The van der Waals surface area contributed by atoms with Gasteiger partial charge in [0.15, 0.2) is 6.21 Å². The minimum absolute atomic E-state index is 0.0902. The van der Waals surface area contributed by atoms with E-state index in [1.165, 1.54) is 6.21 Å². The Morgan fingerprint density at radius 2 is 2.12 bits per heavy atom. The molecule has 0 aliphatic heterocycles.